The maximum absolute atomic E-state index is 12.9. The third-order valence-corrected chi connectivity index (χ3v) is 6.32. The normalized spacial score (nSPS) is 15.7. The third kappa shape index (κ3) is 5.74. The van der Waals surface area contributed by atoms with Gasteiger partial charge in [0.25, 0.3) is 5.91 Å². The van der Waals surface area contributed by atoms with Gasteiger partial charge in [-0.2, -0.15) is 0 Å². The summed E-state index contributed by atoms with van der Waals surface area (Å²) in [4.78, 5) is 27.5. The number of hydrogen-bond acceptors (Lipinski definition) is 2. The number of nitrogens with one attached hydrogen (secondary N) is 2. The molecule has 0 aromatic heterocycles. The second-order valence-electron chi connectivity index (χ2n) is 8.62. The van der Waals surface area contributed by atoms with Crippen LogP contribution in [0.5, 0.6) is 0 Å². The highest BCUT2D eigenvalue weighted by atomic mass is 35.5. The van der Waals surface area contributed by atoms with Crippen molar-refractivity contribution >= 4 is 34.9 Å². The number of amides is 3. The van der Waals surface area contributed by atoms with Gasteiger partial charge in [-0.05, 0) is 85.8 Å². The molecule has 0 unspecified atom stereocenters. The van der Waals surface area contributed by atoms with E-state index in [0.29, 0.717) is 23.7 Å². The molecule has 1 aliphatic rings. The van der Waals surface area contributed by atoms with Gasteiger partial charge < -0.3 is 15.5 Å². The summed E-state index contributed by atoms with van der Waals surface area (Å²) in [5, 5.41) is 6.61. The summed E-state index contributed by atoms with van der Waals surface area (Å²) in [6, 6.07) is 20.7. The molecule has 1 atom stereocenters. The maximum atomic E-state index is 12.9. The van der Waals surface area contributed by atoms with Crippen molar-refractivity contribution in [2.24, 2.45) is 0 Å². The van der Waals surface area contributed by atoms with E-state index in [2.05, 4.69) is 10.6 Å². The zero-order valence-corrected chi connectivity index (χ0v) is 19.7. The molecule has 1 saturated heterocycles. The molecule has 0 radical (unpaired) electrons. The Balaban J connectivity index is 1.44. The Morgan fingerprint density at radius 2 is 1.76 bits per heavy atom. The van der Waals surface area contributed by atoms with Crippen molar-refractivity contribution in [3.63, 3.8) is 0 Å². The minimum atomic E-state index is -0.126. The first-order valence-corrected chi connectivity index (χ1v) is 11.6. The molecule has 1 heterocycles. The topological polar surface area (TPSA) is 61.4 Å². The molecular weight excluding hydrogens is 434 g/mol. The molecule has 4 rings (SSSR count). The van der Waals surface area contributed by atoms with Crippen LogP contribution in [0.25, 0.3) is 0 Å². The summed E-state index contributed by atoms with van der Waals surface area (Å²) in [6.07, 6.45) is 1.89. The Morgan fingerprint density at radius 1 is 0.970 bits per heavy atom. The van der Waals surface area contributed by atoms with Gasteiger partial charge in [-0.15, -0.1) is 0 Å². The lowest BCUT2D eigenvalue weighted by atomic mass is 9.89. The fourth-order valence-electron chi connectivity index (χ4n) is 4.17. The number of nitrogens with zero attached hydrogens (tertiary/aromatic N) is 1. The van der Waals surface area contributed by atoms with Gasteiger partial charge in [0.2, 0.25) is 0 Å². The van der Waals surface area contributed by atoms with Crippen molar-refractivity contribution in [1.82, 2.24) is 4.90 Å². The first-order valence-electron chi connectivity index (χ1n) is 11.2. The maximum Gasteiger partial charge on any atom is 0.321 e. The minimum Gasteiger partial charge on any atom is -0.324 e. The number of likely N-dealkylation sites (tertiary alicyclic amines) is 1. The van der Waals surface area contributed by atoms with E-state index in [0.717, 1.165) is 40.9 Å². The molecule has 33 heavy (non-hydrogen) atoms. The Bertz CT molecular complexity index is 1160. The summed E-state index contributed by atoms with van der Waals surface area (Å²) >= 11 is 5.93. The molecule has 0 aliphatic carbocycles. The average Bonchev–Trinajstić information content (AvgIpc) is 2.83. The zero-order valence-electron chi connectivity index (χ0n) is 18.9. The largest absolute Gasteiger partial charge is 0.324 e. The Hall–Kier alpha value is -3.31. The zero-order chi connectivity index (χ0) is 23.4. The van der Waals surface area contributed by atoms with Gasteiger partial charge in [-0.25, -0.2) is 4.79 Å². The summed E-state index contributed by atoms with van der Waals surface area (Å²) in [7, 11) is 0. The van der Waals surface area contributed by atoms with E-state index in [1.54, 1.807) is 24.3 Å². The monoisotopic (exact) mass is 461 g/mol. The molecule has 0 saturated carbocycles. The molecule has 2 N–H and O–H groups in total. The van der Waals surface area contributed by atoms with Crippen LogP contribution < -0.4 is 10.6 Å². The second kappa shape index (κ2) is 10.1. The highest BCUT2D eigenvalue weighted by Crippen LogP contribution is 2.28. The minimum absolute atomic E-state index is 0.120. The van der Waals surface area contributed by atoms with Gasteiger partial charge in [0.1, 0.15) is 0 Å². The number of piperidine rings is 1. The Kier molecular flexibility index (Phi) is 6.99. The molecule has 0 bridgehead atoms. The number of anilines is 2. The van der Waals surface area contributed by atoms with Gasteiger partial charge in [0.15, 0.2) is 0 Å². The third-order valence-electron chi connectivity index (χ3n) is 6.07. The van der Waals surface area contributed by atoms with Crippen LogP contribution in [0.1, 0.15) is 45.8 Å². The summed E-state index contributed by atoms with van der Waals surface area (Å²) in [5.74, 6) is 0.0573. The first kappa shape index (κ1) is 22.9. The lowest BCUT2D eigenvalue weighted by Gasteiger charge is -2.33. The van der Waals surface area contributed by atoms with Crippen molar-refractivity contribution < 1.29 is 9.59 Å². The van der Waals surface area contributed by atoms with Crippen LogP contribution in [-0.2, 0) is 0 Å². The molecular formula is C27H28ClN3O2. The van der Waals surface area contributed by atoms with Crippen LogP contribution in [0, 0.1) is 13.8 Å². The predicted molar refractivity (Wildman–Crippen MR) is 134 cm³/mol. The standard InChI is InChI=1S/C27H28ClN3O2/c1-18-8-9-19(2)25(15-18)30-26(32)21-6-3-5-20(16-21)22-7-4-14-31(17-22)27(33)29-24-12-10-23(28)11-13-24/h3,5-6,8-13,15-16,22H,4,7,14,17H2,1-2H3,(H,29,33)(H,30,32)/t22-/m1/s1. The number of hydrogen-bond donors (Lipinski definition) is 2. The van der Waals surface area contributed by atoms with Crippen LogP contribution in [-0.4, -0.2) is 29.9 Å². The second-order valence-corrected chi connectivity index (χ2v) is 9.06. The average molecular weight is 462 g/mol. The number of halogens is 1. The van der Waals surface area contributed by atoms with Crippen molar-refractivity contribution in [2.45, 2.75) is 32.6 Å². The van der Waals surface area contributed by atoms with Gasteiger partial charge in [0.05, 0.1) is 0 Å². The molecule has 6 heteroatoms. The molecule has 1 aliphatic heterocycles. The van der Waals surface area contributed by atoms with Gasteiger partial charge >= 0.3 is 6.03 Å². The van der Waals surface area contributed by atoms with Crippen LogP contribution in [0.15, 0.2) is 66.7 Å². The van der Waals surface area contributed by atoms with Crippen LogP contribution >= 0.6 is 11.6 Å². The van der Waals surface area contributed by atoms with E-state index in [4.69, 9.17) is 11.6 Å². The van der Waals surface area contributed by atoms with Crippen LogP contribution in [0.2, 0.25) is 5.02 Å². The molecule has 3 amide bonds. The molecule has 0 spiro atoms. The molecule has 5 nitrogen and oxygen atoms in total. The van der Waals surface area contributed by atoms with Crippen LogP contribution in [0.4, 0.5) is 16.2 Å². The van der Waals surface area contributed by atoms with Crippen molar-refractivity contribution in [1.29, 1.82) is 0 Å². The SMILES string of the molecule is Cc1ccc(C)c(NC(=O)c2cccc([C@@H]3CCCN(C(=O)Nc4ccc(Cl)cc4)C3)c2)c1. The predicted octanol–water partition coefficient (Wildman–Crippen LogP) is 6.62. The molecule has 3 aromatic rings. The fourth-order valence-corrected chi connectivity index (χ4v) is 4.29. The molecule has 170 valence electrons. The van der Waals surface area contributed by atoms with Crippen molar-refractivity contribution in [3.05, 3.63) is 94.0 Å². The van der Waals surface area contributed by atoms with E-state index < -0.39 is 0 Å². The highest BCUT2D eigenvalue weighted by molar-refractivity contribution is 6.30. The summed E-state index contributed by atoms with van der Waals surface area (Å²) in [5.41, 5.74) is 5.37. The number of urea groups is 1. The Morgan fingerprint density at radius 3 is 2.55 bits per heavy atom. The Labute approximate surface area is 199 Å². The van der Waals surface area contributed by atoms with E-state index in [1.165, 1.54) is 0 Å². The molecule has 3 aromatic carbocycles. The van der Waals surface area contributed by atoms with Gasteiger partial charge in [0, 0.05) is 41.0 Å². The number of aryl methyl sites for hydroxylation is 2. The summed E-state index contributed by atoms with van der Waals surface area (Å²) < 4.78 is 0. The number of rotatable bonds is 4. The smallest absolute Gasteiger partial charge is 0.321 e. The summed E-state index contributed by atoms with van der Waals surface area (Å²) in [6.45, 7) is 5.31. The van der Waals surface area contributed by atoms with Crippen molar-refractivity contribution in [3.8, 4) is 0 Å². The number of carbonyl (C=O) groups excluding carboxylic acids is 2. The van der Waals surface area contributed by atoms with Gasteiger partial charge in [-0.3, -0.25) is 4.79 Å². The lowest BCUT2D eigenvalue weighted by Crippen LogP contribution is -2.41. The number of carbonyl (C=O) groups is 2. The molecule has 1 fully saturated rings. The van der Waals surface area contributed by atoms with E-state index in [-0.39, 0.29) is 17.9 Å². The highest BCUT2D eigenvalue weighted by Gasteiger charge is 2.25. The van der Waals surface area contributed by atoms with E-state index in [1.807, 2.05) is 61.2 Å². The van der Waals surface area contributed by atoms with E-state index >= 15 is 0 Å². The quantitative estimate of drug-likeness (QED) is 0.458. The lowest BCUT2D eigenvalue weighted by molar-refractivity contribution is 0.102. The van der Waals surface area contributed by atoms with Crippen LogP contribution in [0.3, 0.4) is 0 Å². The fraction of sp³-hybridized carbons (Fsp3) is 0.259. The van der Waals surface area contributed by atoms with Gasteiger partial charge in [-0.1, -0.05) is 35.9 Å². The van der Waals surface area contributed by atoms with Crippen molar-refractivity contribution in [2.75, 3.05) is 23.7 Å². The number of benzene rings is 3. The first-order chi connectivity index (χ1) is 15.9. The van der Waals surface area contributed by atoms with E-state index in [9.17, 15) is 9.59 Å².